The molecule has 0 spiro atoms. The van der Waals surface area contributed by atoms with Gasteiger partial charge in [-0.05, 0) is 70.7 Å². The van der Waals surface area contributed by atoms with Crippen molar-refractivity contribution in [1.29, 1.82) is 0 Å². The van der Waals surface area contributed by atoms with Crippen molar-refractivity contribution < 1.29 is 32.3 Å². The van der Waals surface area contributed by atoms with E-state index in [4.69, 9.17) is 17.0 Å². The predicted octanol–water partition coefficient (Wildman–Crippen LogP) is 5.24. The van der Waals surface area contributed by atoms with Crippen molar-refractivity contribution in [1.82, 2.24) is 10.2 Å². The Morgan fingerprint density at radius 2 is 1.57 bits per heavy atom. The Kier molecular flexibility index (Phi) is 9.70. The predicted molar refractivity (Wildman–Crippen MR) is 141 cm³/mol. The number of ether oxygens (including phenoxy) is 1. The van der Waals surface area contributed by atoms with Crippen LogP contribution in [0.3, 0.4) is 0 Å². The molecule has 3 amide bonds. The van der Waals surface area contributed by atoms with Gasteiger partial charge >= 0.3 is 12.3 Å². The average molecular weight is 553 g/mol. The highest BCUT2D eigenvalue weighted by molar-refractivity contribution is 7.80. The second kappa shape index (κ2) is 12.1. The molecule has 1 aromatic carbocycles. The molecule has 37 heavy (non-hydrogen) atoms. The fourth-order valence-corrected chi connectivity index (χ4v) is 3.67. The Bertz CT molecular complexity index is 1270. The first kappa shape index (κ1) is 29.6. The van der Waals surface area contributed by atoms with Gasteiger partial charge in [-0.15, -0.1) is 0 Å². The van der Waals surface area contributed by atoms with E-state index in [0.29, 0.717) is 10.5 Å². The minimum absolute atomic E-state index is 0.0519. The van der Waals surface area contributed by atoms with E-state index in [2.05, 4.69) is 27.5 Å². The third-order valence-electron chi connectivity index (χ3n) is 4.76. The largest absolute Gasteiger partial charge is 0.434 e. The number of nitrogens with zero attached hydrogens (tertiary/aromatic N) is 3. The zero-order valence-corrected chi connectivity index (χ0v) is 22.2. The Balaban J connectivity index is 0.000000312. The number of alkyl halides is 3. The molecule has 2 aliphatic heterocycles. The number of aliphatic imine (C=N–C) groups is 2. The van der Waals surface area contributed by atoms with Crippen molar-refractivity contribution in [2.75, 3.05) is 0 Å². The summed E-state index contributed by atoms with van der Waals surface area (Å²) in [6.07, 6.45) is -5.37. The fourth-order valence-electron chi connectivity index (χ4n) is 3.22. The van der Waals surface area contributed by atoms with E-state index in [1.165, 1.54) is 26.0 Å². The number of nitrogens with one attached hydrogen (secondary N) is 1. The third-order valence-corrected chi connectivity index (χ3v) is 5.23. The summed E-state index contributed by atoms with van der Waals surface area (Å²) in [5.41, 5.74) is 0.351. The van der Waals surface area contributed by atoms with E-state index in [0.717, 1.165) is 17.7 Å². The van der Waals surface area contributed by atoms with Gasteiger partial charge in [-0.2, -0.15) is 18.1 Å². The van der Waals surface area contributed by atoms with Crippen molar-refractivity contribution in [3.8, 4) is 5.75 Å². The summed E-state index contributed by atoms with van der Waals surface area (Å²) in [7, 11) is 0. The van der Waals surface area contributed by atoms with Crippen LogP contribution in [0, 0.1) is 0 Å². The summed E-state index contributed by atoms with van der Waals surface area (Å²) in [4.78, 5) is 43.6. The summed E-state index contributed by atoms with van der Waals surface area (Å²) in [6.45, 7) is 8.37. The maximum atomic E-state index is 13.1. The first-order valence-electron chi connectivity index (χ1n) is 10.8. The molecule has 1 N–H and O–H groups in total. The smallest absolute Gasteiger partial charge is 0.410 e. The molecule has 0 saturated carbocycles. The van der Waals surface area contributed by atoms with E-state index < -0.39 is 34.6 Å². The molecular weight excluding hydrogens is 529 g/mol. The van der Waals surface area contributed by atoms with Crippen molar-refractivity contribution >= 4 is 64.0 Å². The van der Waals surface area contributed by atoms with Crippen LogP contribution in [0.1, 0.15) is 41.0 Å². The van der Waals surface area contributed by atoms with Gasteiger partial charge in [0.05, 0.1) is 16.9 Å². The fraction of sp³-hybridized carbons (Fsp3) is 0.292. The van der Waals surface area contributed by atoms with Crippen LogP contribution in [0.25, 0.3) is 0 Å². The van der Waals surface area contributed by atoms with Crippen LogP contribution >= 0.6 is 24.4 Å². The maximum Gasteiger partial charge on any atom is 0.434 e. The lowest BCUT2D eigenvalue weighted by molar-refractivity contribution is -0.122. The maximum absolute atomic E-state index is 13.1. The van der Waals surface area contributed by atoms with Crippen molar-refractivity contribution in [2.24, 2.45) is 9.98 Å². The summed E-state index contributed by atoms with van der Waals surface area (Å²) in [6, 6.07) is 7.74. The molecule has 0 atom stereocenters. The van der Waals surface area contributed by atoms with Crippen molar-refractivity contribution in [3.05, 3.63) is 52.6 Å². The van der Waals surface area contributed by atoms with Crippen molar-refractivity contribution in [3.63, 3.8) is 0 Å². The van der Waals surface area contributed by atoms with E-state index in [1.54, 1.807) is 18.2 Å². The first-order chi connectivity index (χ1) is 17.2. The Morgan fingerprint density at radius 3 is 2.05 bits per heavy atom. The summed E-state index contributed by atoms with van der Waals surface area (Å²) < 4.78 is 44.1. The van der Waals surface area contributed by atoms with E-state index >= 15 is 0 Å². The standard InChI is InChI=1S/C15H11F3N2O3S.C9H12N2OS/c1-8(2)10-11(15(16,17)18)19-13(24)20(12(10)21)14(22)23-9-6-4-3-5-7-9;1-4-6-7(5(2)3)8(12)11-9(13)10-6/h3-7H,1-2H3;4H2,1-3H3,(H,11,12,13). The molecule has 1 aromatic rings. The van der Waals surface area contributed by atoms with Crippen LogP contribution in [0.2, 0.25) is 0 Å². The van der Waals surface area contributed by atoms with Crippen LogP contribution in [0.15, 0.2) is 62.6 Å². The molecule has 0 unspecified atom stereocenters. The Hall–Kier alpha value is -3.58. The number of amides is 3. The SMILES string of the molecule is CC(C)=C1C(=O)N(C(=O)Oc2ccccc2)C(=S)N=C1C(F)(F)F.CCC1=NC(=S)NC(=O)C1=C(C)C. The van der Waals surface area contributed by atoms with Gasteiger partial charge < -0.3 is 4.74 Å². The molecular formula is C24H23F3N4O4S2. The molecule has 3 rings (SSSR count). The second-order valence-electron chi connectivity index (χ2n) is 7.98. The van der Waals surface area contributed by atoms with E-state index in [9.17, 15) is 27.6 Å². The zero-order valence-electron chi connectivity index (χ0n) is 20.5. The quantitative estimate of drug-likeness (QED) is 0.398. The van der Waals surface area contributed by atoms with E-state index in [1.807, 2.05) is 20.8 Å². The molecule has 196 valence electrons. The number of imide groups is 1. The summed E-state index contributed by atoms with van der Waals surface area (Å²) in [5.74, 6) is -1.23. The monoisotopic (exact) mass is 552 g/mol. The van der Waals surface area contributed by atoms with Crippen molar-refractivity contribution in [2.45, 2.75) is 47.2 Å². The molecule has 0 saturated heterocycles. The van der Waals surface area contributed by atoms with Gasteiger partial charge in [-0.1, -0.05) is 36.3 Å². The van der Waals surface area contributed by atoms with Crippen LogP contribution in [0.4, 0.5) is 18.0 Å². The normalized spacial score (nSPS) is 15.8. The highest BCUT2D eigenvalue weighted by Gasteiger charge is 2.47. The Labute approximate surface area is 222 Å². The number of benzene rings is 1. The number of carbonyl (C=O) groups excluding carboxylic acids is 3. The lowest BCUT2D eigenvalue weighted by Gasteiger charge is -2.26. The molecule has 2 heterocycles. The summed E-state index contributed by atoms with van der Waals surface area (Å²) >= 11 is 9.50. The third kappa shape index (κ3) is 7.23. The molecule has 2 aliphatic rings. The number of rotatable bonds is 2. The van der Waals surface area contributed by atoms with Gasteiger partial charge in [-0.3, -0.25) is 14.9 Å². The molecule has 0 aliphatic carbocycles. The average Bonchev–Trinajstić information content (AvgIpc) is 2.78. The zero-order chi connectivity index (χ0) is 28.1. The minimum Gasteiger partial charge on any atom is -0.410 e. The number of halogens is 3. The number of para-hydroxylation sites is 1. The van der Waals surface area contributed by atoms with Crippen LogP contribution in [0.5, 0.6) is 5.75 Å². The molecule has 13 heteroatoms. The van der Waals surface area contributed by atoms with Crippen LogP contribution in [-0.4, -0.2) is 50.6 Å². The van der Waals surface area contributed by atoms with Crippen LogP contribution in [-0.2, 0) is 9.59 Å². The minimum atomic E-state index is -4.87. The van der Waals surface area contributed by atoms with Gasteiger partial charge in [0.1, 0.15) is 5.75 Å². The lowest BCUT2D eigenvalue weighted by Crippen LogP contribution is -2.49. The molecule has 0 radical (unpaired) electrons. The number of allylic oxidation sites excluding steroid dienone is 2. The highest BCUT2D eigenvalue weighted by atomic mass is 32.1. The second-order valence-corrected chi connectivity index (χ2v) is 8.74. The number of hydrogen-bond donors (Lipinski definition) is 1. The topological polar surface area (TPSA) is 100 Å². The molecule has 8 nitrogen and oxygen atoms in total. The molecule has 0 fully saturated rings. The summed E-state index contributed by atoms with van der Waals surface area (Å²) in [5, 5.41) is 1.97. The molecule has 0 bridgehead atoms. The van der Waals surface area contributed by atoms with Gasteiger partial charge in [0.25, 0.3) is 11.8 Å². The molecule has 0 aromatic heterocycles. The van der Waals surface area contributed by atoms with Gasteiger partial charge in [0, 0.05) is 0 Å². The van der Waals surface area contributed by atoms with Gasteiger partial charge in [0.15, 0.2) is 10.8 Å². The van der Waals surface area contributed by atoms with Crippen LogP contribution < -0.4 is 10.1 Å². The lowest BCUT2D eigenvalue weighted by atomic mass is 10.0. The van der Waals surface area contributed by atoms with Gasteiger partial charge in [-0.25, -0.2) is 14.8 Å². The number of hydrogen-bond acceptors (Lipinski definition) is 6. The highest BCUT2D eigenvalue weighted by Crippen LogP contribution is 2.29. The Morgan fingerprint density at radius 1 is 1.00 bits per heavy atom. The number of thiocarbonyl (C=S) groups is 2. The van der Waals surface area contributed by atoms with Gasteiger partial charge in [0.2, 0.25) is 5.11 Å². The van der Waals surface area contributed by atoms with E-state index in [-0.39, 0.29) is 22.3 Å². The number of carbonyl (C=O) groups is 3. The first-order valence-corrected chi connectivity index (χ1v) is 11.6.